The summed E-state index contributed by atoms with van der Waals surface area (Å²) in [7, 11) is 0. The lowest BCUT2D eigenvalue weighted by Crippen LogP contribution is -2.54. The molecule has 3 fully saturated rings. The molecule has 2 bridgehead atoms. The van der Waals surface area contributed by atoms with E-state index >= 15 is 0 Å². The van der Waals surface area contributed by atoms with Crippen molar-refractivity contribution in [2.45, 2.75) is 43.9 Å². The second-order valence-corrected chi connectivity index (χ2v) is 10.3. The van der Waals surface area contributed by atoms with Crippen LogP contribution in [-0.4, -0.2) is 64.6 Å². The summed E-state index contributed by atoms with van der Waals surface area (Å²) in [5.41, 5.74) is 2.51. The molecule has 3 atom stereocenters. The van der Waals surface area contributed by atoms with Crippen LogP contribution in [0.2, 0.25) is 10.0 Å². The van der Waals surface area contributed by atoms with Crippen molar-refractivity contribution in [3.05, 3.63) is 63.1 Å². The van der Waals surface area contributed by atoms with Gasteiger partial charge in [0.2, 0.25) is 11.8 Å². The van der Waals surface area contributed by atoms with Crippen LogP contribution in [0.5, 0.6) is 0 Å². The summed E-state index contributed by atoms with van der Waals surface area (Å²) in [5.74, 6) is -1.96. The minimum Gasteiger partial charge on any atom is -0.364 e. The number of piperidine rings is 1. The average molecular weight is 513 g/mol. The molecule has 4 heterocycles. The van der Waals surface area contributed by atoms with E-state index in [4.69, 9.17) is 23.2 Å². The minimum absolute atomic E-state index is 0.101. The third kappa shape index (κ3) is 3.63. The van der Waals surface area contributed by atoms with Gasteiger partial charge >= 0.3 is 0 Å². The van der Waals surface area contributed by atoms with Crippen molar-refractivity contribution in [1.29, 1.82) is 0 Å². The highest BCUT2D eigenvalue weighted by Gasteiger charge is 2.46. The van der Waals surface area contributed by atoms with Gasteiger partial charge in [-0.25, -0.2) is 0 Å². The topological polar surface area (TPSA) is 90.0 Å². The van der Waals surface area contributed by atoms with Gasteiger partial charge in [-0.15, -0.1) is 0 Å². The van der Waals surface area contributed by atoms with Crippen LogP contribution in [0, 0.1) is 0 Å². The number of imide groups is 2. The summed E-state index contributed by atoms with van der Waals surface area (Å²) in [6.07, 6.45) is 1.27. The van der Waals surface area contributed by atoms with Gasteiger partial charge in [0.05, 0.1) is 26.9 Å². The van der Waals surface area contributed by atoms with Crippen LogP contribution in [-0.2, 0) is 16.1 Å². The Morgan fingerprint density at radius 2 is 1.74 bits per heavy atom. The number of anilines is 1. The van der Waals surface area contributed by atoms with E-state index in [1.807, 2.05) is 18.2 Å². The van der Waals surface area contributed by atoms with E-state index in [9.17, 15) is 19.2 Å². The average Bonchev–Trinajstić information content (AvgIpc) is 3.49. The molecule has 0 saturated carbocycles. The zero-order chi connectivity index (χ0) is 24.4. The fraction of sp³-hybridized carbons (Fsp3) is 0.360. The first-order chi connectivity index (χ1) is 16.8. The van der Waals surface area contributed by atoms with Gasteiger partial charge in [0.15, 0.2) is 0 Å². The molecule has 0 aliphatic carbocycles. The smallest absolute Gasteiger partial charge is 0.262 e. The van der Waals surface area contributed by atoms with E-state index in [0.717, 1.165) is 35.7 Å². The Labute approximate surface area is 211 Å². The molecule has 8 nitrogen and oxygen atoms in total. The number of carbonyl (C=O) groups is 4. The molecule has 10 heteroatoms. The number of nitrogens with one attached hydrogen (secondary N) is 1. The first-order valence-electron chi connectivity index (χ1n) is 11.6. The number of hydrogen-bond donors (Lipinski definition) is 1. The molecule has 4 aliphatic heterocycles. The number of fused-ring (bicyclic) bond motifs is 3. The van der Waals surface area contributed by atoms with E-state index in [-0.39, 0.29) is 18.7 Å². The molecule has 3 saturated heterocycles. The van der Waals surface area contributed by atoms with E-state index in [0.29, 0.717) is 39.8 Å². The van der Waals surface area contributed by atoms with Gasteiger partial charge in [-0.2, -0.15) is 0 Å². The first-order valence-corrected chi connectivity index (χ1v) is 12.4. The van der Waals surface area contributed by atoms with E-state index in [1.54, 1.807) is 18.2 Å². The first kappa shape index (κ1) is 22.5. The largest absolute Gasteiger partial charge is 0.364 e. The van der Waals surface area contributed by atoms with Crippen molar-refractivity contribution in [1.82, 2.24) is 15.1 Å². The maximum Gasteiger partial charge on any atom is 0.262 e. The van der Waals surface area contributed by atoms with Crippen LogP contribution in [0.25, 0.3) is 0 Å². The zero-order valence-electron chi connectivity index (χ0n) is 18.7. The Morgan fingerprint density at radius 1 is 0.943 bits per heavy atom. The van der Waals surface area contributed by atoms with Gasteiger partial charge in [0.25, 0.3) is 11.8 Å². The van der Waals surface area contributed by atoms with Crippen LogP contribution in [0.1, 0.15) is 45.5 Å². The quantitative estimate of drug-likeness (QED) is 0.633. The predicted octanol–water partition coefficient (Wildman–Crippen LogP) is 2.86. The van der Waals surface area contributed by atoms with Crippen molar-refractivity contribution in [3.63, 3.8) is 0 Å². The predicted molar refractivity (Wildman–Crippen MR) is 130 cm³/mol. The zero-order valence-corrected chi connectivity index (χ0v) is 20.2. The molecule has 2 aromatic carbocycles. The summed E-state index contributed by atoms with van der Waals surface area (Å²) in [4.78, 5) is 55.5. The molecule has 1 N–H and O–H groups in total. The molecule has 0 spiro atoms. The Morgan fingerprint density at radius 3 is 2.49 bits per heavy atom. The summed E-state index contributed by atoms with van der Waals surface area (Å²) in [6, 6.07) is 10.7. The number of halogens is 2. The number of benzene rings is 2. The number of piperazine rings is 1. The minimum atomic E-state index is -0.956. The van der Waals surface area contributed by atoms with Crippen molar-refractivity contribution in [3.8, 4) is 0 Å². The highest BCUT2D eigenvalue weighted by atomic mass is 35.5. The van der Waals surface area contributed by atoms with Gasteiger partial charge < -0.3 is 4.90 Å². The number of carbonyl (C=O) groups excluding carboxylic acids is 4. The van der Waals surface area contributed by atoms with Crippen molar-refractivity contribution in [2.75, 3.05) is 18.0 Å². The van der Waals surface area contributed by atoms with E-state index < -0.39 is 23.8 Å². The molecule has 0 radical (unpaired) electrons. The molecular formula is C25H22Cl2N4O4. The van der Waals surface area contributed by atoms with Crippen molar-refractivity contribution >= 4 is 52.5 Å². The Kier molecular flexibility index (Phi) is 5.36. The third-order valence-electron chi connectivity index (χ3n) is 7.48. The van der Waals surface area contributed by atoms with Crippen LogP contribution in [0.4, 0.5) is 5.69 Å². The van der Waals surface area contributed by atoms with Gasteiger partial charge in [0, 0.05) is 38.1 Å². The lowest BCUT2D eigenvalue weighted by atomic mass is 10.0. The Bertz CT molecular complexity index is 1300. The molecular weight excluding hydrogens is 491 g/mol. The normalized spacial score (nSPS) is 26.1. The van der Waals surface area contributed by atoms with Gasteiger partial charge in [-0.05, 0) is 42.7 Å². The lowest BCUT2D eigenvalue weighted by Gasteiger charge is -2.36. The molecule has 4 aliphatic rings. The van der Waals surface area contributed by atoms with Crippen molar-refractivity contribution < 1.29 is 19.2 Å². The van der Waals surface area contributed by atoms with E-state index in [2.05, 4.69) is 15.1 Å². The number of nitrogens with zero attached hydrogens (tertiary/aromatic N) is 3. The highest BCUT2D eigenvalue weighted by Crippen LogP contribution is 2.40. The van der Waals surface area contributed by atoms with Gasteiger partial charge in [0.1, 0.15) is 6.04 Å². The van der Waals surface area contributed by atoms with Crippen LogP contribution in [0.3, 0.4) is 0 Å². The summed E-state index contributed by atoms with van der Waals surface area (Å²) in [6.45, 7) is 2.36. The number of likely N-dealkylation sites (tertiary alicyclic amines) is 1. The van der Waals surface area contributed by atoms with E-state index in [1.165, 1.54) is 0 Å². The molecule has 180 valence electrons. The maximum atomic E-state index is 13.1. The number of hydrogen-bond acceptors (Lipinski definition) is 6. The van der Waals surface area contributed by atoms with Crippen molar-refractivity contribution in [2.24, 2.45) is 0 Å². The molecule has 35 heavy (non-hydrogen) atoms. The lowest BCUT2D eigenvalue weighted by molar-refractivity contribution is -0.136. The molecule has 0 aromatic heterocycles. The molecule has 1 unspecified atom stereocenters. The number of rotatable bonds is 4. The van der Waals surface area contributed by atoms with Crippen LogP contribution in [0.15, 0.2) is 36.4 Å². The number of amides is 4. The van der Waals surface area contributed by atoms with Gasteiger partial charge in [-0.1, -0.05) is 35.3 Å². The fourth-order valence-electron chi connectivity index (χ4n) is 5.80. The fourth-order valence-corrected chi connectivity index (χ4v) is 6.21. The molecule has 2 aromatic rings. The summed E-state index contributed by atoms with van der Waals surface area (Å²) >= 11 is 12.7. The SMILES string of the molecule is O=C1CCC(N2C(=O)c3ccc(CN4C[C@@H]5C[C@H]4CN5c4cccc(Cl)c4Cl)cc3C2=O)C(=O)N1. The maximum absolute atomic E-state index is 13.1. The standard InChI is InChI=1S/C25H22Cl2N4O4/c26-18-2-1-3-19(22(18)27)30-12-14-9-15(30)11-29(14)10-13-4-5-16-17(8-13)25(35)31(24(16)34)20-6-7-21(32)28-23(20)33/h1-5,8,14-15,20H,6-7,9-12H2,(H,28,32,33)/t14-,15-,20?/m0/s1. The monoisotopic (exact) mass is 512 g/mol. The Hall–Kier alpha value is -2.94. The third-order valence-corrected chi connectivity index (χ3v) is 8.29. The molecule has 6 rings (SSSR count). The summed E-state index contributed by atoms with van der Waals surface area (Å²) < 4.78 is 0. The Balaban J connectivity index is 1.17. The van der Waals surface area contributed by atoms with Crippen LogP contribution >= 0.6 is 23.2 Å². The second kappa shape index (κ2) is 8.33. The molecule has 4 amide bonds. The second-order valence-electron chi connectivity index (χ2n) is 9.53. The summed E-state index contributed by atoms with van der Waals surface area (Å²) in [5, 5.41) is 3.35. The van der Waals surface area contributed by atoms with Crippen LogP contribution < -0.4 is 10.2 Å². The highest BCUT2D eigenvalue weighted by molar-refractivity contribution is 6.43. The van der Waals surface area contributed by atoms with Gasteiger partial charge in [-0.3, -0.25) is 34.3 Å².